The molecular formula is C18H15F3N8O2. The number of aromatic nitrogens is 7. The zero-order chi connectivity index (χ0) is 22.6. The summed E-state index contributed by atoms with van der Waals surface area (Å²) >= 11 is 0. The number of nitrogens with one attached hydrogen (secondary N) is 1. The Bertz CT molecular complexity index is 1230. The smallest absolute Gasteiger partial charge is 0.475 e. The van der Waals surface area contributed by atoms with Gasteiger partial charge in [-0.05, 0) is 6.07 Å². The summed E-state index contributed by atoms with van der Waals surface area (Å²) in [5, 5.41) is 25.9. The van der Waals surface area contributed by atoms with E-state index in [1.165, 1.54) is 6.33 Å². The van der Waals surface area contributed by atoms with Crippen molar-refractivity contribution in [2.45, 2.75) is 18.6 Å². The minimum Gasteiger partial charge on any atom is -0.475 e. The van der Waals surface area contributed by atoms with Crippen LogP contribution >= 0.6 is 0 Å². The molecule has 4 aromatic rings. The number of aryl methyl sites for hydroxylation is 1. The summed E-state index contributed by atoms with van der Waals surface area (Å²) in [4.78, 5) is 20.6. The number of carboxylic acid groups (broad SMARTS) is 1. The van der Waals surface area contributed by atoms with Crippen LogP contribution in [0.3, 0.4) is 0 Å². The number of H-pyrrole nitrogens is 1. The number of hydrogen-bond donors (Lipinski definition) is 2. The number of carboxylic acids is 1. The third kappa shape index (κ3) is 4.86. The average Bonchev–Trinajstić information content (AvgIpc) is 3.46. The van der Waals surface area contributed by atoms with Crippen LogP contribution in [0.1, 0.15) is 18.0 Å². The number of nitrogens with zero attached hydrogens (tertiary/aromatic N) is 7. The normalized spacial score (nSPS) is 12.1. The second-order valence-electron chi connectivity index (χ2n) is 6.30. The Labute approximate surface area is 172 Å². The van der Waals surface area contributed by atoms with Gasteiger partial charge in [0.15, 0.2) is 0 Å². The zero-order valence-electron chi connectivity index (χ0n) is 15.9. The first-order valence-electron chi connectivity index (χ1n) is 8.69. The van der Waals surface area contributed by atoms with Crippen molar-refractivity contribution in [2.75, 3.05) is 0 Å². The molecular weight excluding hydrogens is 417 g/mol. The van der Waals surface area contributed by atoms with E-state index in [9.17, 15) is 13.2 Å². The van der Waals surface area contributed by atoms with E-state index in [0.29, 0.717) is 6.42 Å². The number of rotatable bonds is 4. The van der Waals surface area contributed by atoms with Crippen molar-refractivity contribution in [1.29, 1.82) is 5.26 Å². The fourth-order valence-corrected chi connectivity index (χ4v) is 2.80. The fourth-order valence-electron chi connectivity index (χ4n) is 2.80. The van der Waals surface area contributed by atoms with E-state index >= 15 is 0 Å². The molecule has 1 atom stereocenters. The molecule has 0 saturated carbocycles. The van der Waals surface area contributed by atoms with Crippen molar-refractivity contribution < 1.29 is 23.1 Å². The molecule has 0 aliphatic carbocycles. The van der Waals surface area contributed by atoms with Crippen LogP contribution in [0.25, 0.3) is 22.3 Å². The maximum atomic E-state index is 10.6. The average molecular weight is 432 g/mol. The number of fused-ring (bicyclic) bond motifs is 1. The molecule has 13 heteroatoms. The lowest BCUT2D eigenvalue weighted by atomic mass is 10.1. The molecule has 0 amide bonds. The molecule has 0 aromatic carbocycles. The highest BCUT2D eigenvalue weighted by Gasteiger charge is 2.38. The standard InChI is InChI=1S/C16H14N8.C2HF3O2/c1-23-8-11(6-21-23)14(2-4-17)24-9-12(7-22-24)15-13-3-5-18-16(13)20-10-19-15;3-2(4,5)1(6)7/h3,5-10,14H,2H2,1H3,(H,18,19,20);(H,6,7). The Morgan fingerprint density at radius 3 is 2.65 bits per heavy atom. The number of hydrogen-bond acceptors (Lipinski definition) is 6. The molecule has 0 spiro atoms. The van der Waals surface area contributed by atoms with Gasteiger partial charge in [0, 0.05) is 42.2 Å². The molecule has 31 heavy (non-hydrogen) atoms. The molecule has 10 nitrogen and oxygen atoms in total. The topological polar surface area (TPSA) is 138 Å². The quantitative estimate of drug-likeness (QED) is 0.505. The SMILES string of the molecule is Cn1cc(C(CC#N)n2cc(-c3ncnc4[nH]ccc34)cn2)cn1.O=C(O)C(F)(F)F. The molecule has 0 radical (unpaired) electrons. The number of aliphatic carboxylic acids is 1. The maximum Gasteiger partial charge on any atom is 0.490 e. The van der Waals surface area contributed by atoms with Crippen molar-refractivity contribution in [3.8, 4) is 17.3 Å². The first-order valence-corrected chi connectivity index (χ1v) is 8.69. The van der Waals surface area contributed by atoms with Crippen LogP contribution in [0, 0.1) is 11.3 Å². The number of alkyl halides is 3. The van der Waals surface area contributed by atoms with Crippen LogP contribution in [0.5, 0.6) is 0 Å². The lowest BCUT2D eigenvalue weighted by molar-refractivity contribution is -0.192. The molecule has 0 saturated heterocycles. The van der Waals surface area contributed by atoms with Gasteiger partial charge >= 0.3 is 12.1 Å². The molecule has 0 aliphatic rings. The largest absolute Gasteiger partial charge is 0.490 e. The van der Waals surface area contributed by atoms with Gasteiger partial charge in [-0.15, -0.1) is 0 Å². The Kier molecular flexibility index (Phi) is 6.00. The van der Waals surface area contributed by atoms with Gasteiger partial charge in [-0.3, -0.25) is 9.36 Å². The molecule has 4 rings (SSSR count). The molecule has 0 fully saturated rings. The summed E-state index contributed by atoms with van der Waals surface area (Å²) in [5.74, 6) is -2.76. The van der Waals surface area contributed by atoms with Crippen LogP contribution in [0.4, 0.5) is 13.2 Å². The van der Waals surface area contributed by atoms with Crippen molar-refractivity contribution >= 4 is 17.0 Å². The zero-order valence-corrected chi connectivity index (χ0v) is 15.9. The number of halogens is 3. The highest BCUT2D eigenvalue weighted by molar-refractivity contribution is 5.89. The molecule has 160 valence electrons. The predicted octanol–water partition coefficient (Wildman–Crippen LogP) is 2.69. The molecule has 4 heterocycles. The van der Waals surface area contributed by atoms with Gasteiger partial charge < -0.3 is 10.1 Å². The molecule has 2 N–H and O–H groups in total. The highest BCUT2D eigenvalue weighted by Crippen LogP contribution is 2.27. The minimum atomic E-state index is -5.08. The molecule has 1 unspecified atom stereocenters. The molecule has 0 aliphatic heterocycles. The lowest BCUT2D eigenvalue weighted by Gasteiger charge is -2.12. The van der Waals surface area contributed by atoms with Crippen LogP contribution in [0.2, 0.25) is 0 Å². The van der Waals surface area contributed by atoms with E-state index in [0.717, 1.165) is 27.9 Å². The second-order valence-corrected chi connectivity index (χ2v) is 6.30. The third-order valence-corrected chi connectivity index (χ3v) is 4.18. The monoisotopic (exact) mass is 432 g/mol. The highest BCUT2D eigenvalue weighted by atomic mass is 19.4. The minimum absolute atomic E-state index is 0.180. The summed E-state index contributed by atoms with van der Waals surface area (Å²) in [5.41, 5.74) is 3.43. The maximum absolute atomic E-state index is 10.6. The number of nitriles is 1. The van der Waals surface area contributed by atoms with Crippen LogP contribution in [-0.2, 0) is 11.8 Å². The molecule has 4 aromatic heterocycles. The Hall–Kier alpha value is -4.21. The van der Waals surface area contributed by atoms with Gasteiger partial charge in [-0.2, -0.15) is 28.6 Å². The van der Waals surface area contributed by atoms with E-state index < -0.39 is 12.1 Å². The summed E-state index contributed by atoms with van der Waals surface area (Å²) in [6.07, 6.45) is 5.92. The summed E-state index contributed by atoms with van der Waals surface area (Å²) in [7, 11) is 1.85. The second kappa shape index (κ2) is 8.66. The lowest BCUT2D eigenvalue weighted by Crippen LogP contribution is -2.21. The van der Waals surface area contributed by atoms with Gasteiger partial charge in [-0.1, -0.05) is 0 Å². The Morgan fingerprint density at radius 2 is 2.03 bits per heavy atom. The van der Waals surface area contributed by atoms with E-state index in [1.54, 1.807) is 21.8 Å². The summed E-state index contributed by atoms with van der Waals surface area (Å²) in [6, 6.07) is 3.98. The third-order valence-electron chi connectivity index (χ3n) is 4.18. The van der Waals surface area contributed by atoms with Crippen molar-refractivity contribution in [3.63, 3.8) is 0 Å². The Balaban J connectivity index is 0.000000339. The molecule has 0 bridgehead atoms. The van der Waals surface area contributed by atoms with Gasteiger partial charge in [-0.25, -0.2) is 14.8 Å². The van der Waals surface area contributed by atoms with Crippen LogP contribution in [0.15, 0.2) is 43.4 Å². The van der Waals surface area contributed by atoms with E-state index in [-0.39, 0.29) is 6.04 Å². The summed E-state index contributed by atoms with van der Waals surface area (Å²) in [6.45, 7) is 0. The first kappa shape index (κ1) is 21.5. The van der Waals surface area contributed by atoms with Crippen molar-refractivity contribution in [1.82, 2.24) is 34.5 Å². The van der Waals surface area contributed by atoms with Crippen LogP contribution < -0.4 is 0 Å². The number of carbonyl (C=O) groups is 1. The summed E-state index contributed by atoms with van der Waals surface area (Å²) < 4.78 is 35.2. The Morgan fingerprint density at radius 1 is 1.29 bits per heavy atom. The van der Waals surface area contributed by atoms with Gasteiger partial charge in [0.2, 0.25) is 0 Å². The van der Waals surface area contributed by atoms with Crippen LogP contribution in [-0.4, -0.2) is 51.8 Å². The van der Waals surface area contributed by atoms with Gasteiger partial charge in [0.05, 0.1) is 36.6 Å². The first-order chi connectivity index (χ1) is 14.7. The fraction of sp³-hybridized carbons (Fsp3) is 0.222. The van der Waals surface area contributed by atoms with E-state index in [2.05, 4.69) is 31.2 Å². The predicted molar refractivity (Wildman–Crippen MR) is 100 cm³/mol. The van der Waals surface area contributed by atoms with E-state index in [1.807, 2.05) is 31.7 Å². The van der Waals surface area contributed by atoms with E-state index in [4.69, 9.17) is 15.2 Å². The van der Waals surface area contributed by atoms with Gasteiger partial charge in [0.1, 0.15) is 12.0 Å². The van der Waals surface area contributed by atoms with Crippen molar-refractivity contribution in [3.05, 3.63) is 48.9 Å². The van der Waals surface area contributed by atoms with Crippen molar-refractivity contribution in [2.24, 2.45) is 7.05 Å². The number of aromatic amines is 1. The van der Waals surface area contributed by atoms with Gasteiger partial charge in [0.25, 0.3) is 0 Å².